The average molecular weight is 67.1 g/mol. The highest BCUT2D eigenvalue weighted by Gasteiger charge is 0.490. The second-order valence-electron chi connectivity index (χ2n) is 0. The van der Waals surface area contributed by atoms with Crippen molar-refractivity contribution < 1.29 is 5.90 Å². The Morgan fingerprint density at radius 2 is 1.00 bits per heavy atom. The number of rotatable bonds is 0. The zero-order chi connectivity index (χ0) is 2.00. The smallest absolute Gasteiger partial charge is 0.344 e. The van der Waals surface area contributed by atoms with Gasteiger partial charge in [0.05, 0.1) is 0 Å². The molecule has 0 aliphatic carbocycles. The van der Waals surface area contributed by atoms with Crippen molar-refractivity contribution in [3.05, 3.63) is 5.21 Å². The highest BCUT2D eigenvalue weighted by Crippen LogP contribution is 0.450. The Bertz CT molecular complexity index is 3.25. The minimum absolute atomic E-state index is 0. The van der Waals surface area contributed by atoms with Crippen LogP contribution in [0.4, 0.5) is 0 Å². The van der Waals surface area contributed by atoms with E-state index in [1.165, 1.54) is 0 Å². The minimum atomic E-state index is 0. The monoisotopic (exact) mass is 67.1 g/mol. The van der Waals surface area contributed by atoms with Crippen molar-refractivity contribution in [1.82, 2.24) is 12.3 Å². The largest absolute Gasteiger partial charge is 0.637 e. The summed E-state index contributed by atoms with van der Waals surface area (Å²) in [5, 5.41) is 8.00. The molecule has 0 saturated carbocycles. The van der Waals surface area contributed by atoms with Gasteiger partial charge in [0.25, 0.3) is 0 Å². The van der Waals surface area contributed by atoms with Gasteiger partial charge in [-0.25, -0.2) is 0 Å². The summed E-state index contributed by atoms with van der Waals surface area (Å²) in [6.07, 6.45) is 0. The van der Waals surface area contributed by atoms with Crippen LogP contribution in [0.3, 0.4) is 0 Å². The van der Waals surface area contributed by atoms with Gasteiger partial charge in [-0.1, -0.05) is 0 Å². The first kappa shape index (κ1) is 43.9. The lowest BCUT2D eigenvalue weighted by molar-refractivity contribution is -0.275. The van der Waals surface area contributed by atoms with E-state index >= 15 is 0 Å². The van der Waals surface area contributed by atoms with E-state index in [1.54, 1.807) is 0 Å². The molecule has 0 amide bonds. The molecule has 0 fully saturated rings. The molecule has 0 atom stereocenters. The third-order valence-corrected chi connectivity index (χ3v) is 0. The molecular formula is H9N3O. The standard InChI is InChI=1S/H3NO.2H3N/c1-2;;/h1H3;2*1H3. The molecule has 0 rings (SSSR count). The van der Waals surface area contributed by atoms with E-state index in [-0.39, 0.29) is 12.3 Å². The second kappa shape index (κ2) is 376. The Morgan fingerprint density at radius 1 is 1.00 bits per heavy atom. The second-order valence-corrected chi connectivity index (χ2v) is 0. The van der Waals surface area contributed by atoms with Crippen molar-refractivity contribution in [2.45, 2.75) is 0 Å². The fourth-order valence-electron chi connectivity index (χ4n) is 0. The maximum Gasteiger partial charge on any atom is -0.344 e. The summed E-state index contributed by atoms with van der Waals surface area (Å²) in [6.45, 7) is 0. The summed E-state index contributed by atoms with van der Waals surface area (Å²) in [6, 6.07) is 0. The topological polar surface area (TPSA) is 121 Å². The third kappa shape index (κ3) is 50.7. The molecule has 4 heavy (non-hydrogen) atoms. The molecule has 4 nitrogen and oxygen atoms in total. The Balaban J connectivity index is -0.00000000500. The molecule has 0 aliphatic heterocycles. The van der Waals surface area contributed by atoms with Gasteiger partial charge < -0.3 is 23.4 Å². The quantitative estimate of drug-likeness (QED) is 0.316. The molecule has 0 aromatic rings. The van der Waals surface area contributed by atoms with E-state index in [0.717, 1.165) is 0 Å². The first-order valence-electron chi connectivity index (χ1n) is 0.289. The van der Waals surface area contributed by atoms with Gasteiger partial charge in [-0.3, -0.25) is 0 Å². The zero-order valence-corrected chi connectivity index (χ0v) is 2.53. The third-order valence-electron chi connectivity index (χ3n) is 0. The van der Waals surface area contributed by atoms with Gasteiger partial charge in [-0.05, 0) is 0 Å². The summed E-state index contributed by atoms with van der Waals surface area (Å²) in [7, 11) is 0. The van der Waals surface area contributed by atoms with E-state index in [9.17, 15) is 0 Å². The van der Waals surface area contributed by atoms with E-state index in [0.29, 0.717) is 0 Å². The Hall–Kier alpha value is -0.160. The number of hydrogen-bond donors (Lipinski definition) is 3. The highest BCUT2D eigenvalue weighted by atomic mass is 16.4. The summed E-state index contributed by atoms with van der Waals surface area (Å²) < 4.78 is 0. The molecule has 0 spiro atoms. The van der Waals surface area contributed by atoms with Gasteiger partial charge in [0, 0.05) is 0 Å². The molecule has 0 aromatic heterocycles. The first-order chi connectivity index (χ1) is 1.00. The molecule has 0 aliphatic rings. The van der Waals surface area contributed by atoms with Gasteiger partial charge in [0.1, 0.15) is 0 Å². The molecule has 0 bridgehead atoms. The maximum atomic E-state index is 8.00. The van der Waals surface area contributed by atoms with Crippen LogP contribution in [0.15, 0.2) is 0 Å². The Morgan fingerprint density at radius 3 is 1.00 bits per heavy atom. The number of quaternary nitrogens is 1. The Labute approximate surface area is 24.7 Å². The van der Waals surface area contributed by atoms with Crippen LogP contribution in [0.2, 0.25) is 0 Å². The highest BCUT2D eigenvalue weighted by molar-refractivity contribution is 3.64. The molecular weight excluding hydrogens is 58.0 g/mol. The predicted molar refractivity (Wildman–Crippen MR) is 16.3 cm³/mol. The number of hydrogen-bond acceptors (Lipinski definition) is 3. The first-order valence-corrected chi connectivity index (χ1v) is 0.289. The van der Waals surface area contributed by atoms with Crippen LogP contribution in [0, 0.1) is 5.21 Å². The van der Waals surface area contributed by atoms with Gasteiger partial charge in [-0.15, -0.1) is 0 Å². The lowest BCUT2D eigenvalue weighted by Crippen LogP contribution is -2.37. The van der Waals surface area contributed by atoms with Gasteiger partial charge in [0.15, 0.2) is 0 Å². The van der Waals surface area contributed by atoms with Crippen LogP contribution >= 0.6 is 0 Å². The summed E-state index contributed by atoms with van der Waals surface area (Å²) >= 11 is 0. The lowest BCUT2D eigenvalue weighted by atomic mass is 13.6. The molecule has 0 radical (unpaired) electrons. The molecule has 0 heterocycles. The Kier molecular flexibility index (Phi) is 4120. The van der Waals surface area contributed by atoms with E-state index in [4.69, 9.17) is 5.21 Å². The van der Waals surface area contributed by atoms with Crippen molar-refractivity contribution in [3.8, 4) is 0 Å². The maximum absolute atomic E-state index is 8.00. The van der Waals surface area contributed by atoms with Crippen LogP contribution in [0.5, 0.6) is 0 Å². The fraction of sp³-hybridized carbons (Fsp3) is 0. The molecule has 9 N–H and O–H groups in total. The molecule has 0 unspecified atom stereocenters. The molecule has 0 aromatic carbocycles. The van der Waals surface area contributed by atoms with E-state index < -0.39 is 0 Å². The normalized spacial score (nSPS) is 1.50. The molecule has 30 valence electrons. The van der Waals surface area contributed by atoms with Gasteiger partial charge >= 0.3 is 0 Å². The van der Waals surface area contributed by atoms with Crippen molar-refractivity contribution >= 4 is 0 Å². The van der Waals surface area contributed by atoms with E-state index in [1.807, 2.05) is 5.90 Å². The summed E-state index contributed by atoms with van der Waals surface area (Å²) in [4.78, 5) is 0. The van der Waals surface area contributed by atoms with Gasteiger partial charge in [-0.2, -0.15) is 0 Å². The van der Waals surface area contributed by atoms with Crippen LogP contribution in [0.1, 0.15) is 0 Å². The average Bonchev–Trinajstić information content (AvgIpc) is 1.00. The van der Waals surface area contributed by atoms with Crippen LogP contribution in [-0.2, 0) is 0 Å². The summed E-state index contributed by atoms with van der Waals surface area (Å²) in [5.74, 6) is 2.00. The van der Waals surface area contributed by atoms with Crippen LogP contribution in [0.25, 0.3) is 0 Å². The molecule has 4 heteroatoms. The van der Waals surface area contributed by atoms with Crippen molar-refractivity contribution in [2.24, 2.45) is 0 Å². The fourth-order valence-corrected chi connectivity index (χ4v) is 0. The van der Waals surface area contributed by atoms with Crippen molar-refractivity contribution in [3.63, 3.8) is 0 Å². The van der Waals surface area contributed by atoms with Crippen molar-refractivity contribution in [2.75, 3.05) is 0 Å². The summed E-state index contributed by atoms with van der Waals surface area (Å²) in [5.41, 5.74) is 0. The van der Waals surface area contributed by atoms with Crippen molar-refractivity contribution in [1.29, 1.82) is 0 Å². The lowest BCUT2D eigenvalue weighted by Gasteiger charge is -1.52. The SMILES string of the molecule is N.N.[NH3+][O-]. The van der Waals surface area contributed by atoms with Crippen LogP contribution < -0.4 is 18.2 Å². The zero-order valence-electron chi connectivity index (χ0n) is 2.53. The van der Waals surface area contributed by atoms with Gasteiger partial charge in [0.2, 0.25) is 0 Å². The van der Waals surface area contributed by atoms with E-state index in [2.05, 4.69) is 0 Å². The predicted octanol–water partition coefficient (Wildman–Crippen LogP) is -0.950. The van der Waals surface area contributed by atoms with Crippen LogP contribution in [-0.4, -0.2) is 0 Å². The minimum Gasteiger partial charge on any atom is -0.637 e. The molecule has 0 saturated heterocycles.